The van der Waals surface area contributed by atoms with Gasteiger partial charge in [-0.15, -0.1) is 0 Å². The molecular formula is C20H21NO3. The standard InChI is InChI=1S/C20H21NO3/c1-14(15-8-4-2-5-9-15)19(22)21-12-17(18(13-21)20(23)24)16-10-6-3-7-11-16/h2-11,14,17-18H,12-13H2,1H3,(H,23,24)/t14-,17+,18+/m1/s1. The van der Waals surface area contributed by atoms with Gasteiger partial charge in [0.05, 0.1) is 11.8 Å². The molecule has 1 amide bonds. The Balaban J connectivity index is 1.80. The van der Waals surface area contributed by atoms with Crippen molar-refractivity contribution in [3.8, 4) is 0 Å². The minimum Gasteiger partial charge on any atom is -0.481 e. The average Bonchev–Trinajstić information content (AvgIpc) is 3.07. The molecule has 1 N–H and O–H groups in total. The van der Waals surface area contributed by atoms with Crippen molar-refractivity contribution in [1.29, 1.82) is 0 Å². The van der Waals surface area contributed by atoms with Crippen LogP contribution in [-0.2, 0) is 9.59 Å². The van der Waals surface area contributed by atoms with Gasteiger partial charge in [0.1, 0.15) is 0 Å². The molecule has 2 aromatic rings. The Morgan fingerprint density at radius 2 is 1.58 bits per heavy atom. The van der Waals surface area contributed by atoms with Gasteiger partial charge in [-0.1, -0.05) is 60.7 Å². The summed E-state index contributed by atoms with van der Waals surface area (Å²) in [6, 6.07) is 19.2. The molecule has 3 atom stereocenters. The number of benzene rings is 2. The van der Waals surface area contributed by atoms with E-state index in [0.29, 0.717) is 6.54 Å². The van der Waals surface area contributed by atoms with Crippen LogP contribution in [0.3, 0.4) is 0 Å². The van der Waals surface area contributed by atoms with Crippen molar-refractivity contribution in [2.45, 2.75) is 18.8 Å². The Morgan fingerprint density at radius 3 is 2.17 bits per heavy atom. The maximum Gasteiger partial charge on any atom is 0.308 e. The Morgan fingerprint density at radius 1 is 1.00 bits per heavy atom. The average molecular weight is 323 g/mol. The van der Waals surface area contributed by atoms with Crippen LogP contribution >= 0.6 is 0 Å². The first-order valence-corrected chi connectivity index (χ1v) is 8.19. The second-order valence-electron chi connectivity index (χ2n) is 6.34. The Labute approximate surface area is 141 Å². The highest BCUT2D eigenvalue weighted by Crippen LogP contribution is 2.34. The van der Waals surface area contributed by atoms with E-state index in [0.717, 1.165) is 11.1 Å². The minimum atomic E-state index is -0.841. The Hall–Kier alpha value is -2.62. The van der Waals surface area contributed by atoms with Crippen LogP contribution in [0.15, 0.2) is 60.7 Å². The SMILES string of the molecule is C[C@@H](C(=O)N1C[C@H](C(=O)O)[C@H](c2ccccc2)C1)c1ccccc1. The van der Waals surface area contributed by atoms with Crippen molar-refractivity contribution in [2.75, 3.05) is 13.1 Å². The summed E-state index contributed by atoms with van der Waals surface area (Å²) in [7, 11) is 0. The van der Waals surface area contributed by atoms with Crippen molar-refractivity contribution >= 4 is 11.9 Å². The van der Waals surface area contributed by atoms with Crippen molar-refractivity contribution in [3.05, 3.63) is 71.8 Å². The van der Waals surface area contributed by atoms with Crippen LogP contribution in [0.1, 0.15) is 29.9 Å². The van der Waals surface area contributed by atoms with Crippen LogP contribution in [0.25, 0.3) is 0 Å². The molecule has 0 aliphatic carbocycles. The lowest BCUT2D eigenvalue weighted by Gasteiger charge is -2.21. The number of aliphatic carboxylic acids is 1. The van der Waals surface area contributed by atoms with E-state index in [1.165, 1.54) is 0 Å². The maximum absolute atomic E-state index is 12.8. The summed E-state index contributed by atoms with van der Waals surface area (Å²) >= 11 is 0. The lowest BCUT2D eigenvalue weighted by molar-refractivity contribution is -0.141. The van der Waals surface area contributed by atoms with E-state index in [1.54, 1.807) is 4.90 Å². The normalized spacial score (nSPS) is 21.5. The molecule has 1 heterocycles. The minimum absolute atomic E-state index is 0.00844. The number of rotatable bonds is 4. The molecule has 4 heteroatoms. The van der Waals surface area contributed by atoms with Crippen LogP contribution in [-0.4, -0.2) is 35.0 Å². The highest BCUT2D eigenvalue weighted by Gasteiger charge is 2.41. The fourth-order valence-corrected chi connectivity index (χ4v) is 3.43. The first kappa shape index (κ1) is 16.2. The topological polar surface area (TPSA) is 57.6 Å². The van der Waals surface area contributed by atoms with Crippen LogP contribution in [0.2, 0.25) is 0 Å². The smallest absolute Gasteiger partial charge is 0.308 e. The van der Waals surface area contributed by atoms with E-state index < -0.39 is 11.9 Å². The number of amides is 1. The number of carbonyl (C=O) groups excluding carboxylic acids is 1. The summed E-state index contributed by atoms with van der Waals surface area (Å²) in [5.74, 6) is -1.83. The molecule has 0 radical (unpaired) electrons. The molecule has 0 spiro atoms. The summed E-state index contributed by atoms with van der Waals surface area (Å²) in [5, 5.41) is 9.56. The van der Waals surface area contributed by atoms with Gasteiger partial charge < -0.3 is 10.0 Å². The van der Waals surface area contributed by atoms with Crippen molar-refractivity contribution in [3.63, 3.8) is 0 Å². The molecule has 1 aliphatic rings. The number of hydrogen-bond acceptors (Lipinski definition) is 2. The molecule has 1 aliphatic heterocycles. The number of hydrogen-bond donors (Lipinski definition) is 1. The summed E-state index contributed by atoms with van der Waals surface area (Å²) in [6.45, 7) is 2.60. The van der Waals surface area contributed by atoms with Crippen molar-refractivity contribution < 1.29 is 14.7 Å². The fraction of sp³-hybridized carbons (Fsp3) is 0.300. The van der Waals surface area contributed by atoms with Gasteiger partial charge in [-0.2, -0.15) is 0 Å². The summed E-state index contributed by atoms with van der Waals surface area (Å²) < 4.78 is 0. The largest absolute Gasteiger partial charge is 0.481 e. The molecule has 0 bridgehead atoms. The van der Waals surface area contributed by atoms with E-state index in [2.05, 4.69) is 0 Å². The van der Waals surface area contributed by atoms with Crippen molar-refractivity contribution in [1.82, 2.24) is 4.90 Å². The van der Waals surface area contributed by atoms with Crippen molar-refractivity contribution in [2.24, 2.45) is 5.92 Å². The number of likely N-dealkylation sites (tertiary alicyclic amines) is 1. The molecule has 0 saturated carbocycles. The van der Waals surface area contributed by atoms with Gasteiger partial charge in [0, 0.05) is 19.0 Å². The zero-order chi connectivity index (χ0) is 17.1. The monoisotopic (exact) mass is 323 g/mol. The van der Waals surface area contributed by atoms with Gasteiger partial charge in [0.2, 0.25) is 5.91 Å². The lowest BCUT2D eigenvalue weighted by Crippen LogP contribution is -2.33. The van der Waals surface area contributed by atoms with Crippen LogP contribution < -0.4 is 0 Å². The molecular weight excluding hydrogens is 302 g/mol. The molecule has 24 heavy (non-hydrogen) atoms. The second kappa shape index (κ2) is 6.87. The van der Waals surface area contributed by atoms with Gasteiger partial charge in [0.15, 0.2) is 0 Å². The highest BCUT2D eigenvalue weighted by atomic mass is 16.4. The summed E-state index contributed by atoms with van der Waals surface area (Å²) in [4.78, 5) is 26.2. The van der Waals surface area contributed by atoms with E-state index in [1.807, 2.05) is 67.6 Å². The first-order chi connectivity index (χ1) is 11.6. The summed E-state index contributed by atoms with van der Waals surface area (Å²) in [6.07, 6.45) is 0. The predicted molar refractivity (Wildman–Crippen MR) is 91.7 cm³/mol. The highest BCUT2D eigenvalue weighted by molar-refractivity contribution is 5.85. The van der Waals surface area contributed by atoms with Gasteiger partial charge in [-0.3, -0.25) is 9.59 Å². The third kappa shape index (κ3) is 3.18. The third-order valence-electron chi connectivity index (χ3n) is 4.85. The van der Waals surface area contributed by atoms with E-state index in [4.69, 9.17) is 0 Å². The first-order valence-electron chi connectivity index (χ1n) is 8.19. The van der Waals surface area contributed by atoms with Crippen LogP contribution in [0.4, 0.5) is 0 Å². The van der Waals surface area contributed by atoms with Gasteiger partial charge in [-0.05, 0) is 18.1 Å². The van der Waals surface area contributed by atoms with Crippen LogP contribution in [0, 0.1) is 5.92 Å². The number of carboxylic acids is 1. The lowest BCUT2D eigenvalue weighted by atomic mass is 9.89. The molecule has 3 rings (SSSR count). The number of carboxylic acid groups (broad SMARTS) is 1. The Kier molecular flexibility index (Phi) is 4.65. The van der Waals surface area contributed by atoms with E-state index in [9.17, 15) is 14.7 Å². The maximum atomic E-state index is 12.8. The zero-order valence-electron chi connectivity index (χ0n) is 13.6. The quantitative estimate of drug-likeness (QED) is 0.940. The number of nitrogens with zero attached hydrogens (tertiary/aromatic N) is 1. The molecule has 0 aromatic heterocycles. The van der Waals surface area contributed by atoms with Crippen LogP contribution in [0.5, 0.6) is 0 Å². The predicted octanol–water partition coefficient (Wildman–Crippen LogP) is 3.12. The van der Waals surface area contributed by atoms with E-state index >= 15 is 0 Å². The van der Waals surface area contributed by atoms with E-state index in [-0.39, 0.29) is 24.3 Å². The molecule has 0 unspecified atom stereocenters. The number of carbonyl (C=O) groups is 2. The molecule has 124 valence electrons. The van der Waals surface area contributed by atoms with Gasteiger partial charge in [0.25, 0.3) is 0 Å². The Bertz CT molecular complexity index is 714. The van der Waals surface area contributed by atoms with Gasteiger partial charge >= 0.3 is 5.97 Å². The van der Waals surface area contributed by atoms with Gasteiger partial charge in [-0.25, -0.2) is 0 Å². The molecule has 1 fully saturated rings. The fourth-order valence-electron chi connectivity index (χ4n) is 3.43. The summed E-state index contributed by atoms with van der Waals surface area (Å²) in [5.41, 5.74) is 1.94. The second-order valence-corrected chi connectivity index (χ2v) is 6.34. The zero-order valence-corrected chi connectivity index (χ0v) is 13.6. The molecule has 2 aromatic carbocycles. The molecule has 1 saturated heterocycles. The third-order valence-corrected chi connectivity index (χ3v) is 4.85. The molecule has 4 nitrogen and oxygen atoms in total.